The Hall–Kier alpha value is -2.62. The molecule has 20 heavy (non-hydrogen) atoms. The molecule has 0 spiro atoms. The quantitative estimate of drug-likeness (QED) is 0.793. The van der Waals surface area contributed by atoms with Gasteiger partial charge in [-0.15, -0.1) is 0 Å². The van der Waals surface area contributed by atoms with Crippen LogP contribution < -0.4 is 10.3 Å². The average molecular weight is 266 g/mol. The number of benzene rings is 2. The largest absolute Gasteiger partial charge is 0.486 e. The van der Waals surface area contributed by atoms with E-state index >= 15 is 0 Å². The molecule has 0 saturated heterocycles. The monoisotopic (exact) mass is 266 g/mol. The van der Waals surface area contributed by atoms with Crippen LogP contribution in [-0.2, 0) is 6.61 Å². The molecule has 1 N–H and O–H groups in total. The molecule has 0 fully saturated rings. The zero-order chi connectivity index (χ0) is 13.9. The first kappa shape index (κ1) is 12.4. The number of hydrogen-bond acceptors (Lipinski definition) is 3. The zero-order valence-corrected chi connectivity index (χ0v) is 11.1. The molecule has 0 bridgehead atoms. The molecule has 3 aromatic rings. The third-order valence-corrected chi connectivity index (χ3v) is 3.03. The van der Waals surface area contributed by atoms with Crippen molar-refractivity contribution in [1.29, 1.82) is 0 Å². The molecule has 0 atom stereocenters. The van der Waals surface area contributed by atoms with Crippen molar-refractivity contribution < 1.29 is 4.74 Å². The van der Waals surface area contributed by atoms with Crippen LogP contribution in [0.15, 0.2) is 53.3 Å². The van der Waals surface area contributed by atoms with Crippen LogP contribution in [0.4, 0.5) is 0 Å². The van der Waals surface area contributed by atoms with Gasteiger partial charge in [-0.25, -0.2) is 4.98 Å². The molecule has 4 heteroatoms. The Morgan fingerprint density at radius 1 is 1.15 bits per heavy atom. The Labute approximate surface area is 116 Å². The van der Waals surface area contributed by atoms with Crippen LogP contribution >= 0.6 is 0 Å². The van der Waals surface area contributed by atoms with E-state index < -0.39 is 0 Å². The summed E-state index contributed by atoms with van der Waals surface area (Å²) in [6, 6.07) is 15.0. The van der Waals surface area contributed by atoms with Gasteiger partial charge < -0.3 is 9.72 Å². The highest BCUT2D eigenvalue weighted by Gasteiger charge is 2.04. The van der Waals surface area contributed by atoms with Crippen molar-refractivity contribution in [1.82, 2.24) is 9.97 Å². The van der Waals surface area contributed by atoms with Crippen molar-refractivity contribution in [2.75, 3.05) is 0 Å². The Kier molecular flexibility index (Phi) is 3.21. The molecule has 0 unspecified atom stereocenters. The first-order valence-electron chi connectivity index (χ1n) is 6.40. The smallest absolute Gasteiger partial charge is 0.258 e. The van der Waals surface area contributed by atoms with Crippen LogP contribution in [0.3, 0.4) is 0 Å². The van der Waals surface area contributed by atoms with Gasteiger partial charge in [0, 0.05) is 0 Å². The highest BCUT2D eigenvalue weighted by molar-refractivity contribution is 5.77. The molecule has 0 saturated carbocycles. The van der Waals surface area contributed by atoms with Crippen molar-refractivity contribution in [2.45, 2.75) is 13.5 Å². The lowest BCUT2D eigenvalue weighted by Gasteiger charge is -2.07. The second kappa shape index (κ2) is 5.17. The van der Waals surface area contributed by atoms with Crippen molar-refractivity contribution in [3.05, 3.63) is 70.3 Å². The molecular formula is C16H14N2O2. The minimum atomic E-state index is -0.140. The van der Waals surface area contributed by atoms with Crippen molar-refractivity contribution in [2.24, 2.45) is 0 Å². The third kappa shape index (κ3) is 2.54. The van der Waals surface area contributed by atoms with Crippen molar-refractivity contribution in [3.63, 3.8) is 0 Å². The normalized spacial score (nSPS) is 10.7. The summed E-state index contributed by atoms with van der Waals surface area (Å²) in [5.41, 5.74) is 1.67. The molecule has 2 aromatic carbocycles. The maximum absolute atomic E-state index is 11.9. The van der Waals surface area contributed by atoms with Crippen LogP contribution in [-0.4, -0.2) is 9.97 Å². The molecule has 0 aliphatic carbocycles. The van der Waals surface area contributed by atoms with Gasteiger partial charge in [-0.2, -0.15) is 0 Å². The highest BCUT2D eigenvalue weighted by Crippen LogP contribution is 2.14. The highest BCUT2D eigenvalue weighted by atomic mass is 16.5. The van der Waals surface area contributed by atoms with Gasteiger partial charge in [0.05, 0.1) is 10.9 Å². The first-order valence-corrected chi connectivity index (χ1v) is 6.40. The number of rotatable bonds is 3. The van der Waals surface area contributed by atoms with E-state index in [1.54, 1.807) is 6.07 Å². The number of fused-ring (bicyclic) bond motifs is 1. The van der Waals surface area contributed by atoms with E-state index in [2.05, 4.69) is 9.97 Å². The lowest BCUT2D eigenvalue weighted by molar-refractivity contribution is 0.296. The predicted molar refractivity (Wildman–Crippen MR) is 77.9 cm³/mol. The van der Waals surface area contributed by atoms with Crippen molar-refractivity contribution >= 4 is 10.9 Å². The minimum absolute atomic E-state index is 0.140. The summed E-state index contributed by atoms with van der Waals surface area (Å²) in [5.74, 6) is 1.29. The van der Waals surface area contributed by atoms with E-state index in [1.165, 1.54) is 0 Å². The van der Waals surface area contributed by atoms with Crippen LogP contribution in [0.2, 0.25) is 0 Å². The summed E-state index contributed by atoms with van der Waals surface area (Å²) in [5, 5.41) is 0.590. The summed E-state index contributed by atoms with van der Waals surface area (Å²) < 4.78 is 5.64. The van der Waals surface area contributed by atoms with Gasteiger partial charge in [0.2, 0.25) is 0 Å². The van der Waals surface area contributed by atoms with Gasteiger partial charge in [0.15, 0.2) is 0 Å². The summed E-state index contributed by atoms with van der Waals surface area (Å²) >= 11 is 0. The Balaban J connectivity index is 1.86. The molecule has 1 aromatic heterocycles. The van der Waals surface area contributed by atoms with E-state index in [1.807, 2.05) is 49.4 Å². The van der Waals surface area contributed by atoms with Crippen LogP contribution in [0.5, 0.6) is 5.75 Å². The van der Waals surface area contributed by atoms with Gasteiger partial charge >= 0.3 is 0 Å². The summed E-state index contributed by atoms with van der Waals surface area (Å²) in [6.45, 7) is 2.24. The standard InChI is InChI=1S/C16H14N2O2/c1-11-5-4-6-12(9-11)20-10-15-17-14-8-3-2-7-13(14)16(19)18-15/h2-9H,10H2,1H3,(H,17,18,19). The first-order chi connectivity index (χ1) is 9.72. The van der Waals surface area contributed by atoms with Crippen LogP contribution in [0.25, 0.3) is 10.9 Å². The number of hydrogen-bond donors (Lipinski definition) is 1. The average Bonchev–Trinajstić information content (AvgIpc) is 2.45. The van der Waals surface area contributed by atoms with E-state index in [4.69, 9.17) is 4.74 Å². The molecule has 1 heterocycles. The Morgan fingerprint density at radius 3 is 2.85 bits per heavy atom. The number of para-hydroxylation sites is 1. The molecule has 100 valence electrons. The molecule has 4 nitrogen and oxygen atoms in total. The topological polar surface area (TPSA) is 55.0 Å². The minimum Gasteiger partial charge on any atom is -0.486 e. The SMILES string of the molecule is Cc1cccc(OCc2nc3ccccc3c(=O)[nH]2)c1. The molecular weight excluding hydrogens is 252 g/mol. The lowest BCUT2D eigenvalue weighted by atomic mass is 10.2. The van der Waals surface area contributed by atoms with Gasteiger partial charge in [-0.05, 0) is 36.8 Å². The predicted octanol–water partition coefficient (Wildman–Crippen LogP) is 2.81. The van der Waals surface area contributed by atoms with E-state index in [9.17, 15) is 4.79 Å². The molecule has 0 amide bonds. The fourth-order valence-corrected chi connectivity index (χ4v) is 2.06. The maximum atomic E-state index is 11.9. The van der Waals surface area contributed by atoms with E-state index in [0.717, 1.165) is 11.3 Å². The molecule has 0 aliphatic heterocycles. The number of aromatic nitrogens is 2. The van der Waals surface area contributed by atoms with Gasteiger partial charge in [0.25, 0.3) is 5.56 Å². The summed E-state index contributed by atoms with van der Waals surface area (Å²) in [6.07, 6.45) is 0. The van der Waals surface area contributed by atoms with Crippen LogP contribution in [0, 0.1) is 6.92 Å². The zero-order valence-electron chi connectivity index (χ0n) is 11.1. The van der Waals surface area contributed by atoms with Crippen molar-refractivity contribution in [3.8, 4) is 5.75 Å². The summed E-state index contributed by atoms with van der Waals surface area (Å²) in [7, 11) is 0. The second-order valence-electron chi connectivity index (χ2n) is 4.63. The molecule has 0 aliphatic rings. The summed E-state index contributed by atoms with van der Waals surface area (Å²) in [4.78, 5) is 19.1. The van der Waals surface area contributed by atoms with E-state index in [0.29, 0.717) is 16.7 Å². The number of aryl methyl sites for hydroxylation is 1. The molecule has 0 radical (unpaired) electrons. The van der Waals surface area contributed by atoms with E-state index in [-0.39, 0.29) is 12.2 Å². The van der Waals surface area contributed by atoms with Gasteiger partial charge in [-0.1, -0.05) is 24.3 Å². The lowest BCUT2D eigenvalue weighted by Crippen LogP contribution is -2.13. The van der Waals surface area contributed by atoms with Crippen LogP contribution in [0.1, 0.15) is 11.4 Å². The molecule has 3 rings (SSSR count). The maximum Gasteiger partial charge on any atom is 0.258 e. The second-order valence-corrected chi connectivity index (χ2v) is 4.63. The number of H-pyrrole nitrogens is 1. The number of ether oxygens (including phenoxy) is 1. The Bertz CT molecular complexity index is 809. The fourth-order valence-electron chi connectivity index (χ4n) is 2.06. The number of aromatic amines is 1. The number of nitrogens with zero attached hydrogens (tertiary/aromatic N) is 1. The third-order valence-electron chi connectivity index (χ3n) is 3.03. The Morgan fingerprint density at radius 2 is 2.00 bits per heavy atom. The fraction of sp³-hybridized carbons (Fsp3) is 0.125. The number of nitrogens with one attached hydrogen (secondary N) is 1. The van der Waals surface area contributed by atoms with Gasteiger partial charge in [-0.3, -0.25) is 4.79 Å². The van der Waals surface area contributed by atoms with Gasteiger partial charge in [0.1, 0.15) is 18.2 Å².